The molecule has 0 aromatic carbocycles. The van der Waals surface area contributed by atoms with Crippen molar-refractivity contribution in [2.24, 2.45) is 0 Å². The molecular weight excluding hydrogens is 232 g/mol. The first-order valence-electron chi connectivity index (χ1n) is 6.10. The van der Waals surface area contributed by atoms with Crippen LogP contribution < -0.4 is 0 Å². The Morgan fingerprint density at radius 2 is 2.00 bits per heavy atom. The first-order chi connectivity index (χ1) is 8.45. The molecule has 0 saturated heterocycles. The van der Waals surface area contributed by atoms with Crippen molar-refractivity contribution < 1.29 is 19.1 Å². The number of Topliss-reactive ketones (excluding diaryl/α,β-unsaturated/α-hetero) is 1. The summed E-state index contributed by atoms with van der Waals surface area (Å²) in [5, 5.41) is 0. The lowest BCUT2D eigenvalue weighted by molar-refractivity contribution is -0.161. The van der Waals surface area contributed by atoms with Crippen molar-refractivity contribution >= 4 is 17.5 Å². The third-order valence-corrected chi connectivity index (χ3v) is 3.40. The number of carbonyl (C=O) groups excluding carboxylic acids is 3. The van der Waals surface area contributed by atoms with E-state index in [-0.39, 0.29) is 18.0 Å². The molecule has 4 heteroatoms. The van der Waals surface area contributed by atoms with Gasteiger partial charge >= 0.3 is 5.97 Å². The number of ether oxygens (including phenoxy) is 1. The van der Waals surface area contributed by atoms with Gasteiger partial charge in [0.15, 0.2) is 0 Å². The minimum absolute atomic E-state index is 0.0609. The topological polar surface area (TPSA) is 60.4 Å². The van der Waals surface area contributed by atoms with Gasteiger partial charge in [-0.15, -0.1) is 0 Å². The van der Waals surface area contributed by atoms with E-state index in [2.05, 4.69) is 0 Å². The number of rotatable bonds is 3. The third-order valence-electron chi connectivity index (χ3n) is 3.40. The summed E-state index contributed by atoms with van der Waals surface area (Å²) in [4.78, 5) is 34.9. The van der Waals surface area contributed by atoms with Crippen LogP contribution in [0, 0.1) is 0 Å². The van der Waals surface area contributed by atoms with Crippen LogP contribution >= 0.6 is 0 Å². The van der Waals surface area contributed by atoms with Crippen LogP contribution in [0.15, 0.2) is 23.3 Å². The maximum atomic E-state index is 12.2. The highest BCUT2D eigenvalue weighted by Crippen LogP contribution is 2.42. The Kier molecular flexibility index (Phi) is 3.20. The Morgan fingerprint density at radius 3 is 2.61 bits per heavy atom. The molecule has 2 aliphatic carbocycles. The number of carbonyl (C=O) groups is 3. The van der Waals surface area contributed by atoms with Crippen molar-refractivity contribution in [3.8, 4) is 0 Å². The predicted molar refractivity (Wildman–Crippen MR) is 64.8 cm³/mol. The first-order valence-corrected chi connectivity index (χ1v) is 6.10. The van der Waals surface area contributed by atoms with Crippen LogP contribution in [-0.4, -0.2) is 23.1 Å². The molecule has 0 amide bonds. The molecular formula is C14H16O4. The summed E-state index contributed by atoms with van der Waals surface area (Å²) in [7, 11) is 0. The molecule has 0 spiro atoms. The van der Waals surface area contributed by atoms with Crippen molar-refractivity contribution in [1.29, 1.82) is 0 Å². The molecule has 1 unspecified atom stereocenters. The summed E-state index contributed by atoms with van der Waals surface area (Å²) in [5.41, 5.74) is 0.496. The average Bonchev–Trinajstić information content (AvgIpc) is 2.71. The fourth-order valence-corrected chi connectivity index (χ4v) is 2.81. The predicted octanol–water partition coefficient (Wildman–Crippen LogP) is 1.89. The molecule has 0 heterocycles. The van der Waals surface area contributed by atoms with Gasteiger partial charge in [0, 0.05) is 6.92 Å². The molecule has 0 saturated carbocycles. The fourth-order valence-electron chi connectivity index (χ4n) is 2.81. The Bertz CT molecular complexity index is 466. The van der Waals surface area contributed by atoms with E-state index in [4.69, 9.17) is 4.74 Å². The molecule has 0 aromatic rings. The van der Waals surface area contributed by atoms with Crippen molar-refractivity contribution in [2.75, 3.05) is 0 Å². The van der Waals surface area contributed by atoms with Gasteiger partial charge in [0.1, 0.15) is 5.78 Å². The summed E-state index contributed by atoms with van der Waals surface area (Å²) in [6.07, 6.45) is 5.67. The molecule has 2 rings (SSSR count). The number of allylic oxidation sites excluding steroid dienone is 2. The molecule has 0 radical (unpaired) electrons. The summed E-state index contributed by atoms with van der Waals surface area (Å²) in [6, 6.07) is 0. The molecule has 0 fully saturated rings. The molecule has 4 nitrogen and oxygen atoms in total. The molecule has 1 atom stereocenters. The van der Waals surface area contributed by atoms with Crippen LogP contribution in [0.4, 0.5) is 0 Å². The largest absolute Gasteiger partial charge is 0.446 e. The molecule has 96 valence electrons. The standard InChI is InChI=1S/C14H16O4/c1-9(15)8-14(18-10(2)16)12-5-3-4-11(12)6-7-13(14)17/h6-7H,3-5,8H2,1-2H3. The van der Waals surface area contributed by atoms with Gasteiger partial charge in [-0.3, -0.25) is 14.4 Å². The molecule has 2 aliphatic rings. The normalized spacial score (nSPS) is 26.2. The summed E-state index contributed by atoms with van der Waals surface area (Å²) in [6.45, 7) is 2.68. The lowest BCUT2D eigenvalue weighted by Gasteiger charge is -2.34. The molecule has 18 heavy (non-hydrogen) atoms. The van der Waals surface area contributed by atoms with Crippen molar-refractivity contribution in [2.45, 2.75) is 45.1 Å². The van der Waals surface area contributed by atoms with E-state index in [1.54, 1.807) is 6.08 Å². The summed E-state index contributed by atoms with van der Waals surface area (Å²) in [5.74, 6) is -0.981. The van der Waals surface area contributed by atoms with Crippen LogP contribution in [0.25, 0.3) is 0 Å². The van der Waals surface area contributed by atoms with E-state index in [1.165, 1.54) is 19.9 Å². The third kappa shape index (κ3) is 2.03. The lowest BCUT2D eigenvalue weighted by atomic mass is 9.79. The SMILES string of the molecule is CC(=O)CC1(OC(C)=O)C(=O)C=CC2=C1CCC2. The highest BCUT2D eigenvalue weighted by molar-refractivity contribution is 6.05. The smallest absolute Gasteiger partial charge is 0.303 e. The van der Waals surface area contributed by atoms with Gasteiger partial charge in [0.2, 0.25) is 11.4 Å². The first kappa shape index (κ1) is 12.7. The second-order valence-electron chi connectivity index (χ2n) is 4.85. The zero-order valence-corrected chi connectivity index (χ0v) is 10.6. The van der Waals surface area contributed by atoms with E-state index in [9.17, 15) is 14.4 Å². The number of hydrogen-bond donors (Lipinski definition) is 0. The highest BCUT2D eigenvalue weighted by atomic mass is 16.6. The van der Waals surface area contributed by atoms with E-state index in [1.807, 2.05) is 0 Å². The Labute approximate surface area is 106 Å². The van der Waals surface area contributed by atoms with E-state index < -0.39 is 11.6 Å². The Hall–Kier alpha value is -1.71. The number of esters is 1. The van der Waals surface area contributed by atoms with Gasteiger partial charge < -0.3 is 4.74 Å². The molecule has 0 N–H and O–H groups in total. The van der Waals surface area contributed by atoms with Crippen LogP contribution in [-0.2, 0) is 19.1 Å². The van der Waals surface area contributed by atoms with Gasteiger partial charge in [0.25, 0.3) is 0 Å². The summed E-state index contributed by atoms with van der Waals surface area (Å²) >= 11 is 0. The van der Waals surface area contributed by atoms with Gasteiger partial charge in [0.05, 0.1) is 6.42 Å². The van der Waals surface area contributed by atoms with E-state index in [0.717, 1.165) is 24.0 Å². The van der Waals surface area contributed by atoms with Gasteiger partial charge in [-0.1, -0.05) is 6.08 Å². The Morgan fingerprint density at radius 1 is 1.28 bits per heavy atom. The van der Waals surface area contributed by atoms with Crippen molar-refractivity contribution in [3.05, 3.63) is 23.3 Å². The van der Waals surface area contributed by atoms with E-state index >= 15 is 0 Å². The maximum absolute atomic E-state index is 12.2. The maximum Gasteiger partial charge on any atom is 0.303 e. The fraction of sp³-hybridized carbons (Fsp3) is 0.500. The van der Waals surface area contributed by atoms with Gasteiger partial charge in [-0.25, -0.2) is 0 Å². The van der Waals surface area contributed by atoms with Crippen molar-refractivity contribution in [3.63, 3.8) is 0 Å². The number of hydrogen-bond acceptors (Lipinski definition) is 4. The molecule has 0 aliphatic heterocycles. The highest BCUT2D eigenvalue weighted by Gasteiger charge is 2.48. The van der Waals surface area contributed by atoms with Crippen LogP contribution in [0.2, 0.25) is 0 Å². The lowest BCUT2D eigenvalue weighted by Crippen LogP contribution is -2.46. The monoisotopic (exact) mass is 248 g/mol. The Balaban J connectivity index is 2.48. The van der Waals surface area contributed by atoms with Gasteiger partial charge in [-0.05, 0) is 43.4 Å². The molecule has 0 aromatic heterocycles. The van der Waals surface area contributed by atoms with Gasteiger partial charge in [-0.2, -0.15) is 0 Å². The van der Waals surface area contributed by atoms with Crippen molar-refractivity contribution in [1.82, 2.24) is 0 Å². The molecule has 0 bridgehead atoms. The second kappa shape index (κ2) is 4.52. The zero-order chi connectivity index (χ0) is 13.3. The van der Waals surface area contributed by atoms with Crippen LogP contribution in [0.5, 0.6) is 0 Å². The summed E-state index contributed by atoms with van der Waals surface area (Å²) < 4.78 is 5.30. The average molecular weight is 248 g/mol. The number of ketones is 2. The van der Waals surface area contributed by atoms with E-state index in [0.29, 0.717) is 6.42 Å². The van der Waals surface area contributed by atoms with Crippen LogP contribution in [0.1, 0.15) is 39.5 Å². The minimum atomic E-state index is -1.36. The minimum Gasteiger partial charge on any atom is -0.446 e. The van der Waals surface area contributed by atoms with Crippen LogP contribution in [0.3, 0.4) is 0 Å². The second-order valence-corrected chi connectivity index (χ2v) is 4.85. The quantitative estimate of drug-likeness (QED) is 0.715. The zero-order valence-electron chi connectivity index (χ0n) is 10.6.